The lowest BCUT2D eigenvalue weighted by Crippen LogP contribution is -1.89. The van der Waals surface area contributed by atoms with Crippen LogP contribution in [0.2, 0.25) is 0 Å². The number of rotatable bonds is 6. The van der Waals surface area contributed by atoms with E-state index >= 15 is 0 Å². The van der Waals surface area contributed by atoms with E-state index in [4.69, 9.17) is 0 Å². The normalized spacial score (nSPS) is 10.2. The molecule has 0 N–H and O–H groups in total. The molecule has 0 saturated carbocycles. The molecule has 0 atom stereocenters. The molecule has 0 saturated heterocycles. The summed E-state index contributed by atoms with van der Waals surface area (Å²) in [7, 11) is 0. The van der Waals surface area contributed by atoms with Gasteiger partial charge in [0.15, 0.2) is 0 Å². The first kappa shape index (κ1) is 11.0. The highest BCUT2D eigenvalue weighted by Gasteiger charge is 1.91. The van der Waals surface area contributed by atoms with Gasteiger partial charge in [0, 0.05) is 5.75 Å². The van der Waals surface area contributed by atoms with Gasteiger partial charge in [-0.3, -0.25) is 0 Å². The zero-order chi connectivity index (χ0) is 9.36. The van der Waals surface area contributed by atoms with Crippen molar-refractivity contribution in [3.05, 3.63) is 35.9 Å². The zero-order valence-electron chi connectivity index (χ0n) is 7.78. The molecule has 0 amide bonds. The summed E-state index contributed by atoms with van der Waals surface area (Å²) in [4.78, 5) is 0. The van der Waals surface area contributed by atoms with Crippen LogP contribution >= 0.6 is 24.4 Å². The van der Waals surface area contributed by atoms with E-state index in [1.807, 2.05) is 11.8 Å². The van der Waals surface area contributed by atoms with Crippen molar-refractivity contribution in [2.24, 2.45) is 0 Å². The minimum atomic E-state index is 0.996. The molecule has 0 bridgehead atoms. The van der Waals surface area contributed by atoms with Crippen molar-refractivity contribution >= 4 is 24.4 Å². The first-order valence-corrected chi connectivity index (χ1v) is 6.44. The van der Waals surface area contributed by atoms with Crippen LogP contribution in [-0.2, 0) is 6.42 Å². The largest absolute Gasteiger partial charge is 0.179 e. The van der Waals surface area contributed by atoms with Crippen molar-refractivity contribution in [2.75, 3.05) is 17.3 Å². The van der Waals surface area contributed by atoms with Crippen molar-refractivity contribution in [1.82, 2.24) is 0 Å². The maximum Gasteiger partial charge on any atom is 0.00210 e. The number of thioether (sulfide) groups is 1. The molecule has 0 aliphatic carbocycles. The third-order valence-corrected chi connectivity index (χ3v) is 3.43. The Labute approximate surface area is 90.5 Å². The van der Waals surface area contributed by atoms with Crippen molar-refractivity contribution in [3.8, 4) is 0 Å². The predicted molar refractivity (Wildman–Crippen MR) is 65.9 cm³/mol. The molecule has 0 aromatic heterocycles. The van der Waals surface area contributed by atoms with Gasteiger partial charge in [-0.1, -0.05) is 30.3 Å². The van der Waals surface area contributed by atoms with Gasteiger partial charge in [0.1, 0.15) is 0 Å². The van der Waals surface area contributed by atoms with Crippen molar-refractivity contribution in [1.29, 1.82) is 0 Å². The molecule has 0 unspecified atom stereocenters. The van der Waals surface area contributed by atoms with Gasteiger partial charge in [-0.05, 0) is 29.9 Å². The fourth-order valence-electron chi connectivity index (χ4n) is 1.19. The van der Waals surface area contributed by atoms with Gasteiger partial charge in [0.05, 0.1) is 0 Å². The lowest BCUT2D eigenvalue weighted by Gasteiger charge is -2.00. The fraction of sp³-hybridized carbons (Fsp3) is 0.455. The number of hydrogen-bond donors (Lipinski definition) is 1. The van der Waals surface area contributed by atoms with E-state index in [1.54, 1.807) is 0 Å². The topological polar surface area (TPSA) is 0 Å². The molecule has 72 valence electrons. The van der Waals surface area contributed by atoms with Crippen molar-refractivity contribution in [3.63, 3.8) is 0 Å². The zero-order valence-corrected chi connectivity index (χ0v) is 9.49. The van der Waals surface area contributed by atoms with Crippen LogP contribution in [0.3, 0.4) is 0 Å². The van der Waals surface area contributed by atoms with Gasteiger partial charge in [-0.25, -0.2) is 0 Å². The van der Waals surface area contributed by atoms with Gasteiger partial charge in [0.25, 0.3) is 0 Å². The molecule has 0 nitrogen and oxygen atoms in total. The molecule has 0 heterocycles. The Morgan fingerprint density at radius 2 is 1.85 bits per heavy atom. The van der Waals surface area contributed by atoms with Gasteiger partial charge >= 0.3 is 0 Å². The first-order chi connectivity index (χ1) is 6.43. The summed E-state index contributed by atoms with van der Waals surface area (Å²) in [5, 5.41) is 0. The lowest BCUT2D eigenvalue weighted by atomic mass is 10.1. The molecule has 0 radical (unpaired) electrons. The Kier molecular flexibility index (Phi) is 6.21. The highest BCUT2D eigenvalue weighted by molar-refractivity contribution is 7.99. The van der Waals surface area contributed by atoms with E-state index in [0.717, 1.165) is 5.75 Å². The van der Waals surface area contributed by atoms with Gasteiger partial charge in [0.2, 0.25) is 0 Å². The maximum atomic E-state index is 4.17. The smallest absolute Gasteiger partial charge is 0.00210 e. The monoisotopic (exact) mass is 212 g/mol. The van der Waals surface area contributed by atoms with Crippen LogP contribution in [0, 0.1) is 0 Å². The Hall–Kier alpha value is -0.0800. The standard InChI is InChI=1S/C11H16S2/c12-8-10-13-9-4-7-11-5-2-1-3-6-11/h1-3,5-6,12H,4,7-10H2. The molecule has 2 heteroatoms. The minimum absolute atomic E-state index is 0.996. The highest BCUT2D eigenvalue weighted by atomic mass is 32.2. The quantitative estimate of drug-likeness (QED) is 0.558. The molecule has 13 heavy (non-hydrogen) atoms. The molecular weight excluding hydrogens is 196 g/mol. The van der Waals surface area contributed by atoms with Crippen molar-refractivity contribution in [2.45, 2.75) is 12.8 Å². The third kappa shape index (κ3) is 5.27. The molecule has 0 aliphatic rings. The minimum Gasteiger partial charge on any atom is -0.179 e. The molecule has 0 spiro atoms. The molecule has 0 fully saturated rings. The van der Waals surface area contributed by atoms with Crippen molar-refractivity contribution < 1.29 is 0 Å². The Bertz CT molecular complexity index is 209. The van der Waals surface area contributed by atoms with Gasteiger partial charge < -0.3 is 0 Å². The Balaban J connectivity index is 2.07. The van der Waals surface area contributed by atoms with Crippen LogP contribution in [0.1, 0.15) is 12.0 Å². The average molecular weight is 212 g/mol. The Morgan fingerprint density at radius 3 is 2.54 bits per heavy atom. The SMILES string of the molecule is SCCSCCCc1ccccc1. The number of hydrogen-bond acceptors (Lipinski definition) is 2. The van der Waals surface area contributed by atoms with E-state index in [9.17, 15) is 0 Å². The van der Waals surface area contributed by atoms with Crippen LogP contribution in [0.25, 0.3) is 0 Å². The van der Waals surface area contributed by atoms with E-state index in [1.165, 1.54) is 29.9 Å². The first-order valence-electron chi connectivity index (χ1n) is 4.66. The lowest BCUT2D eigenvalue weighted by molar-refractivity contribution is 0.933. The van der Waals surface area contributed by atoms with E-state index in [2.05, 4.69) is 43.0 Å². The summed E-state index contributed by atoms with van der Waals surface area (Å²) in [6, 6.07) is 10.7. The molecular formula is C11H16S2. The fourth-order valence-corrected chi connectivity index (χ4v) is 2.26. The second kappa shape index (κ2) is 7.34. The molecule has 1 rings (SSSR count). The van der Waals surface area contributed by atoms with Crippen LogP contribution in [0.15, 0.2) is 30.3 Å². The van der Waals surface area contributed by atoms with Gasteiger partial charge in [-0.15, -0.1) is 0 Å². The summed E-state index contributed by atoms with van der Waals surface area (Å²) in [6.07, 6.45) is 2.49. The number of aryl methyl sites for hydroxylation is 1. The summed E-state index contributed by atoms with van der Waals surface area (Å²) in [5.74, 6) is 3.43. The van der Waals surface area contributed by atoms with Crippen LogP contribution < -0.4 is 0 Å². The van der Waals surface area contributed by atoms with E-state index in [0.29, 0.717) is 0 Å². The summed E-state index contributed by atoms with van der Waals surface area (Å²) >= 11 is 6.17. The van der Waals surface area contributed by atoms with Crippen LogP contribution in [0.4, 0.5) is 0 Å². The second-order valence-electron chi connectivity index (χ2n) is 2.93. The Morgan fingerprint density at radius 1 is 1.08 bits per heavy atom. The predicted octanol–water partition coefficient (Wildman–Crippen LogP) is 3.28. The van der Waals surface area contributed by atoms with Gasteiger partial charge in [-0.2, -0.15) is 24.4 Å². The molecule has 1 aromatic rings. The second-order valence-corrected chi connectivity index (χ2v) is 4.60. The summed E-state index contributed by atoms with van der Waals surface area (Å²) in [5.41, 5.74) is 1.45. The summed E-state index contributed by atoms with van der Waals surface area (Å²) in [6.45, 7) is 0. The van der Waals surface area contributed by atoms with Crippen LogP contribution in [-0.4, -0.2) is 17.3 Å². The number of thiol groups is 1. The maximum absolute atomic E-state index is 4.17. The molecule has 1 aromatic carbocycles. The average Bonchev–Trinajstić information content (AvgIpc) is 2.19. The van der Waals surface area contributed by atoms with E-state index in [-0.39, 0.29) is 0 Å². The third-order valence-electron chi connectivity index (χ3n) is 1.83. The highest BCUT2D eigenvalue weighted by Crippen LogP contribution is 2.07. The number of benzene rings is 1. The molecule has 0 aliphatic heterocycles. The summed E-state index contributed by atoms with van der Waals surface area (Å²) < 4.78 is 0. The van der Waals surface area contributed by atoms with Crippen LogP contribution in [0.5, 0.6) is 0 Å². The van der Waals surface area contributed by atoms with E-state index < -0.39 is 0 Å².